The third-order valence-corrected chi connectivity index (χ3v) is 2.48. The molecule has 1 aromatic rings. The van der Waals surface area contributed by atoms with Crippen LogP contribution >= 0.6 is 23.2 Å². The number of nitrogens with two attached hydrogens (primary N) is 1. The van der Waals surface area contributed by atoms with Crippen LogP contribution in [0.3, 0.4) is 0 Å². The van der Waals surface area contributed by atoms with Gasteiger partial charge in [0.25, 0.3) is 0 Å². The van der Waals surface area contributed by atoms with Crippen molar-refractivity contribution in [2.24, 2.45) is 5.73 Å². The van der Waals surface area contributed by atoms with Crippen molar-refractivity contribution in [1.29, 1.82) is 0 Å². The minimum absolute atomic E-state index is 0.197. The minimum Gasteiger partial charge on any atom is -0.329 e. The Kier molecular flexibility index (Phi) is 5.64. The predicted octanol–water partition coefficient (Wildman–Crippen LogP) is 1.22. The first kappa shape index (κ1) is 14.2. The molecule has 0 spiro atoms. The van der Waals surface area contributed by atoms with Gasteiger partial charge in [0.2, 0.25) is 5.91 Å². The molecule has 0 radical (unpaired) electrons. The Bertz CT molecular complexity index is 400. The summed E-state index contributed by atoms with van der Waals surface area (Å²) in [5.41, 5.74) is 5.38. The van der Waals surface area contributed by atoms with E-state index in [9.17, 15) is 4.79 Å². The molecule has 0 aliphatic carbocycles. The zero-order valence-corrected chi connectivity index (χ0v) is 10.9. The van der Waals surface area contributed by atoms with E-state index in [1.165, 1.54) is 12.3 Å². The smallest absolute Gasteiger partial charge is 0.239 e. The number of anilines is 1. The molecule has 1 heterocycles. The van der Waals surface area contributed by atoms with Crippen LogP contribution in [-0.4, -0.2) is 42.5 Å². The number of carbonyl (C=O) groups excluding carboxylic acids is 1. The molecule has 1 rings (SSSR count). The van der Waals surface area contributed by atoms with Crippen LogP contribution in [0.4, 0.5) is 5.82 Å². The van der Waals surface area contributed by atoms with E-state index < -0.39 is 0 Å². The summed E-state index contributed by atoms with van der Waals surface area (Å²) in [5, 5.41) is 3.34. The van der Waals surface area contributed by atoms with Gasteiger partial charge >= 0.3 is 0 Å². The molecule has 0 saturated heterocycles. The molecule has 0 aliphatic heterocycles. The number of nitrogens with one attached hydrogen (secondary N) is 1. The van der Waals surface area contributed by atoms with E-state index in [4.69, 9.17) is 28.9 Å². The van der Waals surface area contributed by atoms with Crippen molar-refractivity contribution in [3.8, 4) is 0 Å². The summed E-state index contributed by atoms with van der Waals surface area (Å²) in [6, 6.07) is 1.52. The van der Waals surface area contributed by atoms with Crippen molar-refractivity contribution >= 4 is 34.9 Å². The topological polar surface area (TPSA) is 71.2 Å². The number of aromatic nitrogens is 1. The Hall–Kier alpha value is -0.880. The molecule has 0 aromatic carbocycles. The fourth-order valence-electron chi connectivity index (χ4n) is 1.22. The number of pyridine rings is 1. The maximum absolute atomic E-state index is 11.6. The molecule has 5 nitrogen and oxygen atoms in total. The van der Waals surface area contributed by atoms with Gasteiger partial charge in [0.1, 0.15) is 0 Å². The van der Waals surface area contributed by atoms with Crippen molar-refractivity contribution in [3.63, 3.8) is 0 Å². The van der Waals surface area contributed by atoms with Crippen LogP contribution in [0.25, 0.3) is 0 Å². The first-order valence-corrected chi connectivity index (χ1v) is 5.78. The Morgan fingerprint density at radius 3 is 2.88 bits per heavy atom. The molecular weight excluding hydrogens is 263 g/mol. The molecule has 1 amide bonds. The van der Waals surface area contributed by atoms with Crippen LogP contribution in [0.5, 0.6) is 0 Å². The van der Waals surface area contributed by atoms with E-state index in [0.29, 0.717) is 29.0 Å². The second-order valence-corrected chi connectivity index (χ2v) is 4.40. The van der Waals surface area contributed by atoms with Crippen molar-refractivity contribution in [1.82, 2.24) is 9.88 Å². The van der Waals surface area contributed by atoms with E-state index in [1.807, 2.05) is 7.05 Å². The van der Waals surface area contributed by atoms with Gasteiger partial charge < -0.3 is 11.1 Å². The largest absolute Gasteiger partial charge is 0.329 e. The molecule has 7 heteroatoms. The van der Waals surface area contributed by atoms with Gasteiger partial charge in [-0.05, 0) is 13.1 Å². The van der Waals surface area contributed by atoms with Crippen molar-refractivity contribution < 1.29 is 4.79 Å². The lowest BCUT2D eigenvalue weighted by molar-refractivity contribution is -0.117. The van der Waals surface area contributed by atoms with Crippen molar-refractivity contribution in [2.45, 2.75) is 0 Å². The van der Waals surface area contributed by atoms with Gasteiger partial charge in [-0.3, -0.25) is 9.69 Å². The first-order valence-electron chi connectivity index (χ1n) is 5.02. The van der Waals surface area contributed by atoms with E-state index >= 15 is 0 Å². The van der Waals surface area contributed by atoms with E-state index in [1.54, 1.807) is 4.90 Å². The molecule has 0 atom stereocenters. The molecule has 0 saturated carbocycles. The maximum Gasteiger partial charge on any atom is 0.239 e. The van der Waals surface area contributed by atoms with Gasteiger partial charge in [-0.2, -0.15) is 0 Å². The van der Waals surface area contributed by atoms with Crippen LogP contribution in [0.15, 0.2) is 12.3 Å². The highest BCUT2D eigenvalue weighted by atomic mass is 35.5. The summed E-state index contributed by atoms with van der Waals surface area (Å²) in [4.78, 5) is 17.3. The number of carbonyl (C=O) groups is 1. The number of nitrogens with zero attached hydrogens (tertiary/aromatic N) is 2. The normalized spacial score (nSPS) is 10.6. The number of halogens is 2. The van der Waals surface area contributed by atoms with Crippen LogP contribution < -0.4 is 11.1 Å². The lowest BCUT2D eigenvalue weighted by Crippen LogP contribution is -2.33. The van der Waals surface area contributed by atoms with Gasteiger partial charge in [0.05, 0.1) is 16.6 Å². The van der Waals surface area contributed by atoms with Crippen LogP contribution in [0.2, 0.25) is 10.0 Å². The summed E-state index contributed by atoms with van der Waals surface area (Å²) in [7, 11) is 1.81. The molecular formula is C10H14Cl2N4O. The highest BCUT2D eigenvalue weighted by Gasteiger charge is 2.09. The fraction of sp³-hybridized carbons (Fsp3) is 0.400. The first-order chi connectivity index (χ1) is 8.02. The Labute approximate surface area is 110 Å². The monoisotopic (exact) mass is 276 g/mol. The second kappa shape index (κ2) is 6.76. The van der Waals surface area contributed by atoms with Gasteiger partial charge in [-0.15, -0.1) is 0 Å². The third kappa shape index (κ3) is 4.87. The molecule has 17 heavy (non-hydrogen) atoms. The summed E-state index contributed by atoms with van der Waals surface area (Å²) >= 11 is 11.6. The number of hydrogen-bond acceptors (Lipinski definition) is 4. The number of likely N-dealkylation sites (N-methyl/N-ethyl adjacent to an activating group) is 1. The van der Waals surface area contributed by atoms with Gasteiger partial charge in [-0.1, -0.05) is 23.2 Å². The average Bonchev–Trinajstić information content (AvgIpc) is 2.22. The van der Waals surface area contributed by atoms with Gasteiger partial charge in [0.15, 0.2) is 5.82 Å². The molecule has 0 unspecified atom stereocenters. The summed E-state index contributed by atoms with van der Waals surface area (Å²) in [5.74, 6) is 0.111. The van der Waals surface area contributed by atoms with Crippen molar-refractivity contribution in [3.05, 3.63) is 22.3 Å². The Morgan fingerprint density at radius 1 is 1.59 bits per heavy atom. The van der Waals surface area contributed by atoms with Crippen LogP contribution in [-0.2, 0) is 4.79 Å². The minimum atomic E-state index is -0.197. The van der Waals surface area contributed by atoms with Gasteiger partial charge in [-0.25, -0.2) is 4.98 Å². The second-order valence-electron chi connectivity index (χ2n) is 3.56. The molecule has 0 bridgehead atoms. The van der Waals surface area contributed by atoms with Crippen LogP contribution in [0, 0.1) is 0 Å². The number of hydrogen-bond donors (Lipinski definition) is 2. The summed E-state index contributed by atoms with van der Waals surface area (Å²) in [6.45, 7) is 1.39. The van der Waals surface area contributed by atoms with Crippen LogP contribution in [0.1, 0.15) is 0 Å². The standard InChI is InChI=1S/C10H14Cl2N4O/c1-16(3-2-13)6-9(17)15-10-8(12)4-7(11)5-14-10/h4-5H,2-3,6,13H2,1H3,(H,14,15,17). The molecule has 3 N–H and O–H groups in total. The number of rotatable bonds is 5. The van der Waals surface area contributed by atoms with E-state index in [0.717, 1.165) is 0 Å². The maximum atomic E-state index is 11.6. The predicted molar refractivity (Wildman–Crippen MR) is 69.4 cm³/mol. The molecule has 1 aromatic heterocycles. The molecule has 0 fully saturated rings. The van der Waals surface area contributed by atoms with Gasteiger partial charge in [0, 0.05) is 19.3 Å². The number of amides is 1. The zero-order valence-electron chi connectivity index (χ0n) is 9.41. The highest BCUT2D eigenvalue weighted by molar-refractivity contribution is 6.36. The fourth-order valence-corrected chi connectivity index (χ4v) is 1.65. The Balaban J connectivity index is 2.56. The average molecular weight is 277 g/mol. The summed E-state index contributed by atoms with van der Waals surface area (Å²) in [6.07, 6.45) is 1.42. The SMILES string of the molecule is CN(CCN)CC(=O)Nc1ncc(Cl)cc1Cl. The van der Waals surface area contributed by atoms with E-state index in [-0.39, 0.29) is 12.5 Å². The Morgan fingerprint density at radius 2 is 2.29 bits per heavy atom. The van der Waals surface area contributed by atoms with Crippen molar-refractivity contribution in [2.75, 3.05) is 32.0 Å². The lowest BCUT2D eigenvalue weighted by atomic mass is 10.4. The highest BCUT2D eigenvalue weighted by Crippen LogP contribution is 2.22. The third-order valence-electron chi connectivity index (χ3n) is 1.99. The molecule has 0 aliphatic rings. The summed E-state index contributed by atoms with van der Waals surface area (Å²) < 4.78 is 0. The lowest BCUT2D eigenvalue weighted by Gasteiger charge is -2.14. The zero-order chi connectivity index (χ0) is 12.8. The quantitative estimate of drug-likeness (QED) is 0.848. The molecule has 94 valence electrons. The van der Waals surface area contributed by atoms with E-state index in [2.05, 4.69) is 10.3 Å².